The zero-order valence-electron chi connectivity index (χ0n) is 18.5. The average molecular weight is 447 g/mol. The third kappa shape index (κ3) is 4.21. The van der Waals surface area contributed by atoms with Gasteiger partial charge in [-0.15, -0.1) is 0 Å². The quantitative estimate of drug-likeness (QED) is 0.648. The van der Waals surface area contributed by atoms with Crippen LogP contribution in [0.25, 0.3) is 11.1 Å². The Morgan fingerprint density at radius 3 is 2.70 bits per heavy atom. The molecule has 0 saturated carbocycles. The van der Waals surface area contributed by atoms with E-state index in [4.69, 9.17) is 9.47 Å². The Hall–Kier alpha value is -3.65. The number of carbonyl (C=O) groups is 1. The number of hydrogen-bond acceptors (Lipinski definition) is 6. The molecule has 2 aromatic carbocycles. The van der Waals surface area contributed by atoms with Crippen LogP contribution in [0.1, 0.15) is 11.4 Å². The van der Waals surface area contributed by atoms with Crippen LogP contribution in [0.5, 0.6) is 5.75 Å². The van der Waals surface area contributed by atoms with Crippen molar-refractivity contribution in [2.45, 2.75) is 12.8 Å². The molecule has 1 amide bonds. The molecular formula is C25H26N4O4. The molecule has 2 aliphatic rings. The van der Waals surface area contributed by atoms with E-state index in [0.717, 1.165) is 34.5 Å². The third-order valence-electron chi connectivity index (χ3n) is 6.16. The molecule has 8 heteroatoms. The van der Waals surface area contributed by atoms with Crippen LogP contribution in [-0.2, 0) is 22.4 Å². The number of para-hydroxylation sites is 1. The van der Waals surface area contributed by atoms with Crippen molar-refractivity contribution >= 4 is 17.4 Å². The number of aromatic amines is 1. The van der Waals surface area contributed by atoms with Crippen LogP contribution in [0.2, 0.25) is 0 Å². The molecule has 0 spiro atoms. The lowest BCUT2D eigenvalue weighted by atomic mass is 9.97. The molecule has 0 unspecified atom stereocenters. The van der Waals surface area contributed by atoms with Crippen molar-refractivity contribution < 1.29 is 14.3 Å². The van der Waals surface area contributed by atoms with Crippen LogP contribution < -0.4 is 20.1 Å². The summed E-state index contributed by atoms with van der Waals surface area (Å²) in [7, 11) is 1.66. The number of morpholine rings is 1. The zero-order chi connectivity index (χ0) is 22.8. The fourth-order valence-corrected chi connectivity index (χ4v) is 4.58. The zero-order valence-corrected chi connectivity index (χ0v) is 18.5. The lowest BCUT2D eigenvalue weighted by Crippen LogP contribution is -2.38. The Bertz CT molecular complexity index is 1230. The number of nitrogens with zero attached hydrogens (tertiary/aromatic N) is 3. The summed E-state index contributed by atoms with van der Waals surface area (Å²) in [4.78, 5) is 36.6. The van der Waals surface area contributed by atoms with E-state index in [-0.39, 0.29) is 17.9 Å². The van der Waals surface area contributed by atoms with Gasteiger partial charge in [0.15, 0.2) is 0 Å². The molecule has 0 atom stereocenters. The Kier molecular flexibility index (Phi) is 5.83. The Morgan fingerprint density at radius 1 is 1.09 bits per heavy atom. The Morgan fingerprint density at radius 2 is 1.88 bits per heavy atom. The van der Waals surface area contributed by atoms with Gasteiger partial charge in [-0.1, -0.05) is 30.3 Å². The Balaban J connectivity index is 1.40. The molecule has 3 aromatic rings. The minimum atomic E-state index is -0.255. The number of methoxy groups -OCH3 is 1. The van der Waals surface area contributed by atoms with Crippen molar-refractivity contribution in [1.82, 2.24) is 9.97 Å². The van der Waals surface area contributed by atoms with Gasteiger partial charge >= 0.3 is 0 Å². The predicted octanol–water partition coefficient (Wildman–Crippen LogP) is 2.41. The highest BCUT2D eigenvalue weighted by molar-refractivity contribution is 5.98. The highest BCUT2D eigenvalue weighted by Gasteiger charge is 2.28. The number of amides is 1. The molecule has 0 radical (unpaired) electrons. The summed E-state index contributed by atoms with van der Waals surface area (Å²) in [6.45, 7) is 3.14. The molecule has 2 aliphatic heterocycles. The minimum absolute atomic E-state index is 0.0335. The topological polar surface area (TPSA) is 87.8 Å². The van der Waals surface area contributed by atoms with Crippen LogP contribution in [-0.4, -0.2) is 55.8 Å². The smallest absolute Gasteiger partial charge is 0.252 e. The highest BCUT2D eigenvalue weighted by Crippen LogP contribution is 2.39. The molecule has 8 nitrogen and oxygen atoms in total. The average Bonchev–Trinajstić information content (AvgIpc) is 3.29. The van der Waals surface area contributed by atoms with Gasteiger partial charge in [-0.3, -0.25) is 9.59 Å². The minimum Gasteiger partial charge on any atom is -0.496 e. The van der Waals surface area contributed by atoms with Crippen LogP contribution in [0.4, 0.5) is 11.5 Å². The number of hydrogen-bond donors (Lipinski definition) is 1. The van der Waals surface area contributed by atoms with Crippen LogP contribution in [0.15, 0.2) is 53.3 Å². The van der Waals surface area contributed by atoms with Crippen molar-refractivity contribution in [3.63, 3.8) is 0 Å². The molecule has 1 N–H and O–H groups in total. The summed E-state index contributed by atoms with van der Waals surface area (Å²) in [5, 5.41) is 0. The van der Waals surface area contributed by atoms with E-state index in [1.165, 1.54) is 6.07 Å². The van der Waals surface area contributed by atoms with Gasteiger partial charge in [0.1, 0.15) is 17.4 Å². The molecular weight excluding hydrogens is 420 g/mol. The number of carbonyl (C=O) groups excluding carboxylic acids is 1. The molecule has 170 valence electrons. The van der Waals surface area contributed by atoms with Gasteiger partial charge < -0.3 is 24.3 Å². The summed E-state index contributed by atoms with van der Waals surface area (Å²) in [5.74, 6) is 1.68. The fourth-order valence-electron chi connectivity index (χ4n) is 4.58. The number of fused-ring (bicyclic) bond motifs is 1. The lowest BCUT2D eigenvalue weighted by Gasteiger charge is -2.27. The molecule has 1 fully saturated rings. The monoisotopic (exact) mass is 446 g/mol. The van der Waals surface area contributed by atoms with Gasteiger partial charge in [0.25, 0.3) is 5.56 Å². The van der Waals surface area contributed by atoms with E-state index in [1.54, 1.807) is 12.0 Å². The number of benzene rings is 2. The summed E-state index contributed by atoms with van der Waals surface area (Å²) in [5.41, 5.74) is 3.85. The second kappa shape index (κ2) is 9.07. The maximum absolute atomic E-state index is 13.3. The molecule has 1 saturated heterocycles. The summed E-state index contributed by atoms with van der Waals surface area (Å²) in [6, 6.07) is 15.4. The fraction of sp³-hybridized carbons (Fsp3) is 0.320. The Labute approximate surface area is 191 Å². The lowest BCUT2D eigenvalue weighted by molar-refractivity contribution is -0.118. The first-order valence-corrected chi connectivity index (χ1v) is 11.1. The summed E-state index contributed by atoms with van der Waals surface area (Å²) >= 11 is 0. The van der Waals surface area contributed by atoms with Crippen LogP contribution >= 0.6 is 0 Å². The maximum atomic E-state index is 13.3. The van der Waals surface area contributed by atoms with E-state index >= 15 is 0 Å². The molecule has 5 rings (SSSR count). The van der Waals surface area contributed by atoms with E-state index < -0.39 is 0 Å². The van der Waals surface area contributed by atoms with Crippen molar-refractivity contribution in [3.8, 4) is 16.9 Å². The second-order valence-corrected chi connectivity index (χ2v) is 8.13. The molecule has 33 heavy (non-hydrogen) atoms. The van der Waals surface area contributed by atoms with Crippen molar-refractivity contribution in [1.29, 1.82) is 0 Å². The van der Waals surface area contributed by atoms with Crippen molar-refractivity contribution in [3.05, 3.63) is 70.3 Å². The van der Waals surface area contributed by atoms with E-state index in [9.17, 15) is 9.59 Å². The number of ether oxygens (including phenoxy) is 2. The standard InChI is InChI=1S/C25H26N4O4/c1-32-21-8-3-2-5-19(21)17-6-4-7-20-18(17)9-10-29(20)25(31)15-22-26-23(16-24(30)27-22)28-11-13-33-14-12-28/h2-8,16H,9-15H2,1H3,(H,26,27,30). The normalized spacial score (nSPS) is 15.4. The first-order chi connectivity index (χ1) is 16.1. The number of anilines is 2. The third-order valence-corrected chi connectivity index (χ3v) is 6.16. The first-order valence-electron chi connectivity index (χ1n) is 11.1. The van der Waals surface area contributed by atoms with Gasteiger partial charge in [0, 0.05) is 37.0 Å². The summed E-state index contributed by atoms with van der Waals surface area (Å²) in [6.07, 6.45) is 0.790. The second-order valence-electron chi connectivity index (χ2n) is 8.13. The highest BCUT2D eigenvalue weighted by atomic mass is 16.5. The van der Waals surface area contributed by atoms with Gasteiger partial charge in [0.05, 0.1) is 26.7 Å². The summed E-state index contributed by atoms with van der Waals surface area (Å²) < 4.78 is 10.9. The predicted molar refractivity (Wildman–Crippen MR) is 126 cm³/mol. The van der Waals surface area contributed by atoms with Gasteiger partial charge in [-0.2, -0.15) is 0 Å². The molecule has 0 aliphatic carbocycles. The largest absolute Gasteiger partial charge is 0.496 e. The number of aromatic nitrogens is 2. The van der Waals surface area contributed by atoms with E-state index in [1.807, 2.05) is 41.3 Å². The first kappa shape index (κ1) is 21.2. The van der Waals surface area contributed by atoms with Crippen molar-refractivity contribution in [2.75, 3.05) is 49.8 Å². The number of H-pyrrole nitrogens is 1. The van der Waals surface area contributed by atoms with Gasteiger partial charge in [-0.25, -0.2) is 4.98 Å². The van der Waals surface area contributed by atoms with Crippen molar-refractivity contribution in [2.24, 2.45) is 0 Å². The van der Waals surface area contributed by atoms with Crippen LogP contribution in [0, 0.1) is 0 Å². The molecule has 3 heterocycles. The van der Waals surface area contributed by atoms with Gasteiger partial charge in [0.2, 0.25) is 5.91 Å². The SMILES string of the molecule is COc1ccccc1-c1cccc2c1CCN2C(=O)Cc1nc(N2CCOCC2)cc(=O)[nH]1. The molecule has 0 bridgehead atoms. The van der Waals surface area contributed by atoms with E-state index in [2.05, 4.69) is 16.0 Å². The van der Waals surface area contributed by atoms with E-state index in [0.29, 0.717) is 44.5 Å². The van der Waals surface area contributed by atoms with Crippen LogP contribution in [0.3, 0.4) is 0 Å². The van der Waals surface area contributed by atoms with Gasteiger partial charge in [-0.05, 0) is 29.7 Å². The number of rotatable bonds is 5. The number of nitrogens with one attached hydrogen (secondary N) is 1. The molecule has 1 aromatic heterocycles. The maximum Gasteiger partial charge on any atom is 0.252 e.